The van der Waals surface area contributed by atoms with Gasteiger partial charge in [0.25, 0.3) is 0 Å². The molecule has 0 spiro atoms. The summed E-state index contributed by atoms with van der Waals surface area (Å²) in [7, 11) is 0. The Morgan fingerprint density at radius 2 is 2.36 bits per heavy atom. The maximum atomic E-state index is 3.43. The normalized spacial score (nSPS) is 22.5. The maximum absolute atomic E-state index is 3.43. The second-order valence-corrected chi connectivity index (χ2v) is 3.01. The SMILES string of the molecule is C1=CCC2=CCCCNC2=C1. The van der Waals surface area contributed by atoms with Crippen molar-refractivity contribution in [3.63, 3.8) is 0 Å². The van der Waals surface area contributed by atoms with Crippen LogP contribution in [0.3, 0.4) is 0 Å². The van der Waals surface area contributed by atoms with Gasteiger partial charge in [-0.05, 0) is 30.9 Å². The fourth-order valence-corrected chi connectivity index (χ4v) is 1.54. The molecule has 2 aliphatic rings. The van der Waals surface area contributed by atoms with E-state index in [-0.39, 0.29) is 0 Å². The number of fused-ring (bicyclic) bond motifs is 1. The Hall–Kier alpha value is -0.980. The summed E-state index contributed by atoms with van der Waals surface area (Å²) < 4.78 is 0. The van der Waals surface area contributed by atoms with Gasteiger partial charge in [0.05, 0.1) is 0 Å². The quantitative estimate of drug-likeness (QED) is 0.553. The van der Waals surface area contributed by atoms with E-state index in [2.05, 4.69) is 29.6 Å². The van der Waals surface area contributed by atoms with Gasteiger partial charge >= 0.3 is 0 Å². The van der Waals surface area contributed by atoms with Crippen LogP contribution in [-0.4, -0.2) is 6.54 Å². The minimum atomic E-state index is 1.11. The van der Waals surface area contributed by atoms with Crippen LogP contribution in [-0.2, 0) is 0 Å². The molecule has 0 saturated carbocycles. The molecule has 0 aromatic heterocycles. The number of hydrogen-bond donors (Lipinski definition) is 1. The first-order valence-electron chi connectivity index (χ1n) is 4.27. The van der Waals surface area contributed by atoms with Crippen LogP contribution >= 0.6 is 0 Å². The highest BCUT2D eigenvalue weighted by atomic mass is 14.9. The van der Waals surface area contributed by atoms with Crippen molar-refractivity contribution in [3.05, 3.63) is 35.6 Å². The van der Waals surface area contributed by atoms with Crippen molar-refractivity contribution in [2.24, 2.45) is 0 Å². The predicted molar refractivity (Wildman–Crippen MR) is 47.2 cm³/mol. The molecule has 0 amide bonds. The Bertz CT molecular complexity index is 233. The molecule has 0 fully saturated rings. The van der Waals surface area contributed by atoms with E-state index in [0.29, 0.717) is 0 Å². The molecule has 1 nitrogen and oxygen atoms in total. The van der Waals surface area contributed by atoms with Gasteiger partial charge in [0.1, 0.15) is 0 Å². The van der Waals surface area contributed by atoms with Crippen molar-refractivity contribution in [2.75, 3.05) is 6.54 Å². The zero-order chi connectivity index (χ0) is 7.52. The first-order valence-corrected chi connectivity index (χ1v) is 4.27. The smallest absolute Gasteiger partial charge is 0.0372 e. The van der Waals surface area contributed by atoms with E-state index in [4.69, 9.17) is 0 Å². The lowest BCUT2D eigenvalue weighted by Gasteiger charge is -2.12. The average Bonchev–Trinajstić information content (AvgIpc) is 2.28. The minimum Gasteiger partial charge on any atom is -0.385 e. The highest BCUT2D eigenvalue weighted by molar-refractivity contribution is 5.38. The van der Waals surface area contributed by atoms with Gasteiger partial charge in [-0.1, -0.05) is 18.2 Å². The van der Waals surface area contributed by atoms with Crippen LogP contribution in [0.2, 0.25) is 0 Å². The third kappa shape index (κ3) is 1.37. The highest BCUT2D eigenvalue weighted by Crippen LogP contribution is 2.20. The van der Waals surface area contributed by atoms with Gasteiger partial charge in [0.2, 0.25) is 0 Å². The zero-order valence-electron chi connectivity index (χ0n) is 6.64. The van der Waals surface area contributed by atoms with Gasteiger partial charge in [-0.15, -0.1) is 0 Å². The summed E-state index contributed by atoms with van der Waals surface area (Å²) in [6, 6.07) is 0. The topological polar surface area (TPSA) is 12.0 Å². The van der Waals surface area contributed by atoms with Crippen LogP contribution in [0.1, 0.15) is 19.3 Å². The first kappa shape index (κ1) is 6.71. The summed E-state index contributed by atoms with van der Waals surface area (Å²) in [5.74, 6) is 0. The van der Waals surface area contributed by atoms with E-state index in [1.54, 1.807) is 0 Å². The fourth-order valence-electron chi connectivity index (χ4n) is 1.54. The molecular weight excluding hydrogens is 134 g/mol. The van der Waals surface area contributed by atoms with Crippen molar-refractivity contribution in [3.8, 4) is 0 Å². The number of rotatable bonds is 0. The van der Waals surface area contributed by atoms with Gasteiger partial charge in [-0.25, -0.2) is 0 Å². The summed E-state index contributed by atoms with van der Waals surface area (Å²) in [5, 5.41) is 3.43. The van der Waals surface area contributed by atoms with Gasteiger partial charge < -0.3 is 5.32 Å². The highest BCUT2D eigenvalue weighted by Gasteiger charge is 2.07. The lowest BCUT2D eigenvalue weighted by atomic mass is 10.0. The zero-order valence-corrected chi connectivity index (χ0v) is 6.64. The Kier molecular flexibility index (Phi) is 1.80. The standard InChI is InChI=1S/C10H13N/c1-2-7-10-9(5-1)6-3-4-8-11-10/h1-2,6-7,11H,3-5,8H2. The molecule has 0 aromatic rings. The Morgan fingerprint density at radius 3 is 3.36 bits per heavy atom. The molecule has 0 bridgehead atoms. The second kappa shape index (κ2) is 2.95. The molecule has 0 atom stereocenters. The molecular formula is C10H13N. The summed E-state index contributed by atoms with van der Waals surface area (Å²) in [4.78, 5) is 0. The molecule has 1 N–H and O–H groups in total. The first-order chi connectivity index (χ1) is 5.47. The minimum absolute atomic E-state index is 1.11. The van der Waals surface area contributed by atoms with E-state index < -0.39 is 0 Å². The lowest BCUT2D eigenvalue weighted by Crippen LogP contribution is -2.14. The molecule has 11 heavy (non-hydrogen) atoms. The van der Waals surface area contributed by atoms with E-state index in [1.807, 2.05) is 0 Å². The molecule has 2 rings (SSSR count). The Balaban J connectivity index is 2.25. The van der Waals surface area contributed by atoms with Gasteiger partial charge in [0.15, 0.2) is 0 Å². The van der Waals surface area contributed by atoms with E-state index >= 15 is 0 Å². The molecule has 1 heteroatoms. The van der Waals surface area contributed by atoms with E-state index in [1.165, 1.54) is 24.1 Å². The van der Waals surface area contributed by atoms with Gasteiger partial charge in [-0.2, -0.15) is 0 Å². The van der Waals surface area contributed by atoms with Gasteiger partial charge in [0, 0.05) is 12.2 Å². The number of nitrogens with one attached hydrogen (secondary N) is 1. The third-order valence-electron chi connectivity index (χ3n) is 2.17. The van der Waals surface area contributed by atoms with Crippen molar-refractivity contribution in [2.45, 2.75) is 19.3 Å². The van der Waals surface area contributed by atoms with Crippen molar-refractivity contribution in [1.29, 1.82) is 0 Å². The van der Waals surface area contributed by atoms with E-state index in [9.17, 15) is 0 Å². The lowest BCUT2D eigenvalue weighted by molar-refractivity contribution is 0.759. The molecule has 1 aliphatic heterocycles. The second-order valence-electron chi connectivity index (χ2n) is 3.01. The molecule has 0 saturated heterocycles. The molecule has 1 heterocycles. The summed E-state index contributed by atoms with van der Waals surface area (Å²) in [5.41, 5.74) is 2.81. The van der Waals surface area contributed by atoms with Crippen molar-refractivity contribution in [1.82, 2.24) is 5.32 Å². The molecule has 0 unspecified atom stereocenters. The third-order valence-corrected chi connectivity index (χ3v) is 2.17. The molecule has 0 radical (unpaired) electrons. The number of hydrogen-bond acceptors (Lipinski definition) is 1. The number of allylic oxidation sites excluding steroid dienone is 5. The predicted octanol–water partition coefficient (Wildman–Crippen LogP) is 2.14. The van der Waals surface area contributed by atoms with Gasteiger partial charge in [-0.3, -0.25) is 0 Å². The van der Waals surface area contributed by atoms with Crippen LogP contribution in [0.15, 0.2) is 35.6 Å². The monoisotopic (exact) mass is 147 g/mol. The average molecular weight is 147 g/mol. The Morgan fingerprint density at radius 1 is 1.36 bits per heavy atom. The van der Waals surface area contributed by atoms with Crippen molar-refractivity contribution < 1.29 is 0 Å². The summed E-state index contributed by atoms with van der Waals surface area (Å²) in [6.07, 6.45) is 12.5. The van der Waals surface area contributed by atoms with E-state index in [0.717, 1.165) is 13.0 Å². The molecule has 1 aliphatic carbocycles. The maximum Gasteiger partial charge on any atom is 0.0372 e. The Labute approximate surface area is 67.5 Å². The van der Waals surface area contributed by atoms with Crippen LogP contribution in [0.4, 0.5) is 0 Å². The fraction of sp³-hybridized carbons (Fsp3) is 0.400. The summed E-state index contributed by atoms with van der Waals surface area (Å²) in [6.45, 7) is 1.12. The van der Waals surface area contributed by atoms with Crippen LogP contribution in [0.25, 0.3) is 0 Å². The van der Waals surface area contributed by atoms with Crippen LogP contribution < -0.4 is 5.32 Å². The van der Waals surface area contributed by atoms with Crippen molar-refractivity contribution >= 4 is 0 Å². The van der Waals surface area contributed by atoms with Crippen LogP contribution in [0.5, 0.6) is 0 Å². The molecule has 58 valence electrons. The molecule has 0 aromatic carbocycles. The largest absolute Gasteiger partial charge is 0.385 e. The van der Waals surface area contributed by atoms with Crippen LogP contribution in [0, 0.1) is 0 Å². The summed E-state index contributed by atoms with van der Waals surface area (Å²) >= 11 is 0.